The zero-order valence-electron chi connectivity index (χ0n) is 12.4. The zero-order valence-corrected chi connectivity index (χ0v) is 12.4. The molecule has 0 saturated carbocycles. The van der Waals surface area contributed by atoms with E-state index in [0.717, 1.165) is 18.0 Å². The van der Waals surface area contributed by atoms with Crippen molar-refractivity contribution in [3.63, 3.8) is 0 Å². The highest BCUT2D eigenvalue weighted by molar-refractivity contribution is 5.80. The summed E-state index contributed by atoms with van der Waals surface area (Å²) in [5.41, 5.74) is 2.53. The van der Waals surface area contributed by atoms with Gasteiger partial charge in [0.05, 0.1) is 13.7 Å². The molecular weight excluding hydrogens is 262 g/mol. The van der Waals surface area contributed by atoms with Gasteiger partial charge in [0.2, 0.25) is 0 Å². The first-order chi connectivity index (χ1) is 10.3. The molecule has 1 aromatic heterocycles. The molecule has 0 radical (unpaired) electrons. The van der Waals surface area contributed by atoms with Crippen molar-refractivity contribution in [3.05, 3.63) is 60.3 Å². The van der Waals surface area contributed by atoms with E-state index in [-0.39, 0.29) is 0 Å². The van der Waals surface area contributed by atoms with Crippen LogP contribution in [0.15, 0.2) is 54.7 Å². The van der Waals surface area contributed by atoms with Crippen molar-refractivity contribution in [1.29, 1.82) is 0 Å². The van der Waals surface area contributed by atoms with E-state index >= 15 is 0 Å². The van der Waals surface area contributed by atoms with E-state index in [4.69, 9.17) is 9.47 Å². The summed E-state index contributed by atoms with van der Waals surface area (Å²) in [6.45, 7) is 3.59. The van der Waals surface area contributed by atoms with Gasteiger partial charge in [0.1, 0.15) is 18.1 Å². The normalized spacial score (nSPS) is 10.8. The van der Waals surface area contributed by atoms with Crippen molar-refractivity contribution in [2.24, 2.45) is 0 Å². The maximum atomic E-state index is 5.78. The third-order valence-corrected chi connectivity index (χ3v) is 3.59. The lowest BCUT2D eigenvalue weighted by atomic mass is 10.2. The molecule has 3 heteroatoms. The summed E-state index contributed by atoms with van der Waals surface area (Å²) in [7, 11) is 1.66. The summed E-state index contributed by atoms with van der Waals surface area (Å²) in [4.78, 5) is 0. The Kier molecular flexibility index (Phi) is 3.82. The van der Waals surface area contributed by atoms with Gasteiger partial charge in [-0.15, -0.1) is 0 Å². The Bertz CT molecular complexity index is 729. The first-order valence-corrected chi connectivity index (χ1v) is 7.08. The SMILES string of the molecule is COc1ccc(OCCn2ccc3ccc(C)cc32)cc1. The second-order valence-corrected chi connectivity index (χ2v) is 5.10. The highest BCUT2D eigenvalue weighted by Gasteiger charge is 2.01. The van der Waals surface area contributed by atoms with E-state index < -0.39 is 0 Å². The van der Waals surface area contributed by atoms with Gasteiger partial charge < -0.3 is 14.0 Å². The Balaban J connectivity index is 1.64. The Morgan fingerprint density at radius 2 is 1.71 bits per heavy atom. The molecule has 3 aromatic rings. The number of benzene rings is 2. The molecule has 0 amide bonds. The van der Waals surface area contributed by atoms with Crippen LogP contribution in [0.5, 0.6) is 11.5 Å². The fourth-order valence-electron chi connectivity index (χ4n) is 2.42. The van der Waals surface area contributed by atoms with Gasteiger partial charge >= 0.3 is 0 Å². The minimum Gasteiger partial charge on any atom is -0.497 e. The van der Waals surface area contributed by atoms with Gasteiger partial charge in [-0.25, -0.2) is 0 Å². The smallest absolute Gasteiger partial charge is 0.119 e. The highest BCUT2D eigenvalue weighted by Crippen LogP contribution is 2.19. The quantitative estimate of drug-likeness (QED) is 0.704. The Morgan fingerprint density at radius 3 is 2.48 bits per heavy atom. The molecule has 0 unspecified atom stereocenters. The first-order valence-electron chi connectivity index (χ1n) is 7.08. The van der Waals surface area contributed by atoms with Gasteiger partial charge in [0, 0.05) is 11.7 Å². The molecule has 0 aliphatic rings. The van der Waals surface area contributed by atoms with Crippen LogP contribution in [-0.2, 0) is 6.54 Å². The number of rotatable bonds is 5. The second-order valence-electron chi connectivity index (χ2n) is 5.10. The predicted molar refractivity (Wildman–Crippen MR) is 85.2 cm³/mol. The number of aryl methyl sites for hydroxylation is 1. The monoisotopic (exact) mass is 281 g/mol. The number of aromatic nitrogens is 1. The summed E-state index contributed by atoms with van der Waals surface area (Å²) >= 11 is 0. The van der Waals surface area contributed by atoms with Gasteiger partial charge in [-0.1, -0.05) is 12.1 Å². The standard InChI is InChI=1S/C18H19NO2/c1-14-3-4-15-9-10-19(18(15)13-14)11-12-21-17-7-5-16(20-2)6-8-17/h3-10,13H,11-12H2,1-2H3. The molecule has 3 rings (SSSR count). The Labute approximate surface area is 124 Å². The van der Waals surface area contributed by atoms with Crippen molar-refractivity contribution >= 4 is 10.9 Å². The van der Waals surface area contributed by atoms with Gasteiger partial charge in [-0.3, -0.25) is 0 Å². The van der Waals surface area contributed by atoms with E-state index in [1.54, 1.807) is 7.11 Å². The lowest BCUT2D eigenvalue weighted by Crippen LogP contribution is -2.07. The molecule has 2 aromatic carbocycles. The molecule has 0 spiro atoms. The number of fused-ring (bicyclic) bond motifs is 1. The van der Waals surface area contributed by atoms with Crippen LogP contribution >= 0.6 is 0 Å². The molecule has 21 heavy (non-hydrogen) atoms. The third-order valence-electron chi connectivity index (χ3n) is 3.59. The van der Waals surface area contributed by atoms with Crippen LogP contribution in [0.3, 0.4) is 0 Å². The molecule has 3 nitrogen and oxygen atoms in total. The average Bonchev–Trinajstić information content (AvgIpc) is 2.90. The predicted octanol–water partition coefficient (Wildman–Crippen LogP) is 4.04. The van der Waals surface area contributed by atoms with Gasteiger partial charge in [-0.2, -0.15) is 0 Å². The molecule has 0 N–H and O–H groups in total. The van der Waals surface area contributed by atoms with Crippen molar-refractivity contribution in [2.75, 3.05) is 13.7 Å². The van der Waals surface area contributed by atoms with Crippen LogP contribution in [0.25, 0.3) is 10.9 Å². The van der Waals surface area contributed by atoms with Crippen LogP contribution in [0.1, 0.15) is 5.56 Å². The fourth-order valence-corrected chi connectivity index (χ4v) is 2.42. The van der Waals surface area contributed by atoms with Crippen LogP contribution in [0.2, 0.25) is 0 Å². The topological polar surface area (TPSA) is 23.4 Å². The molecule has 0 aliphatic carbocycles. The van der Waals surface area contributed by atoms with E-state index in [9.17, 15) is 0 Å². The summed E-state index contributed by atoms with van der Waals surface area (Å²) < 4.78 is 13.1. The lowest BCUT2D eigenvalue weighted by Gasteiger charge is -2.09. The maximum absolute atomic E-state index is 5.78. The summed E-state index contributed by atoms with van der Waals surface area (Å²) in [6, 6.07) is 16.3. The van der Waals surface area contributed by atoms with Crippen molar-refractivity contribution in [1.82, 2.24) is 4.57 Å². The summed E-state index contributed by atoms with van der Waals surface area (Å²) in [5.74, 6) is 1.71. The minimum absolute atomic E-state index is 0.643. The summed E-state index contributed by atoms with van der Waals surface area (Å²) in [5, 5.41) is 1.27. The number of nitrogens with zero attached hydrogens (tertiary/aromatic N) is 1. The van der Waals surface area contributed by atoms with Crippen molar-refractivity contribution in [2.45, 2.75) is 13.5 Å². The zero-order chi connectivity index (χ0) is 14.7. The number of ether oxygens (including phenoxy) is 2. The van der Waals surface area contributed by atoms with Gasteiger partial charge in [-0.05, 0) is 54.3 Å². The van der Waals surface area contributed by atoms with Gasteiger partial charge in [0.25, 0.3) is 0 Å². The molecule has 0 aliphatic heterocycles. The van der Waals surface area contributed by atoms with Crippen LogP contribution in [0.4, 0.5) is 0 Å². The van der Waals surface area contributed by atoms with Crippen molar-refractivity contribution in [3.8, 4) is 11.5 Å². The highest BCUT2D eigenvalue weighted by atomic mass is 16.5. The van der Waals surface area contributed by atoms with Crippen LogP contribution < -0.4 is 9.47 Å². The second kappa shape index (κ2) is 5.92. The minimum atomic E-state index is 0.643. The van der Waals surface area contributed by atoms with E-state index in [0.29, 0.717) is 6.61 Å². The molecular formula is C18H19NO2. The van der Waals surface area contributed by atoms with E-state index in [1.165, 1.54) is 16.5 Å². The number of methoxy groups -OCH3 is 1. The van der Waals surface area contributed by atoms with E-state index in [2.05, 4.69) is 42.0 Å². The fraction of sp³-hybridized carbons (Fsp3) is 0.222. The largest absolute Gasteiger partial charge is 0.497 e. The molecule has 0 saturated heterocycles. The maximum Gasteiger partial charge on any atom is 0.119 e. The third kappa shape index (κ3) is 3.02. The molecule has 0 fully saturated rings. The van der Waals surface area contributed by atoms with Crippen LogP contribution in [0, 0.1) is 6.92 Å². The van der Waals surface area contributed by atoms with E-state index in [1.807, 2.05) is 24.3 Å². The molecule has 0 bridgehead atoms. The van der Waals surface area contributed by atoms with Crippen LogP contribution in [-0.4, -0.2) is 18.3 Å². The number of hydrogen-bond donors (Lipinski definition) is 0. The van der Waals surface area contributed by atoms with Crippen molar-refractivity contribution < 1.29 is 9.47 Å². The Hall–Kier alpha value is -2.42. The number of hydrogen-bond acceptors (Lipinski definition) is 2. The lowest BCUT2D eigenvalue weighted by molar-refractivity contribution is 0.300. The molecule has 1 heterocycles. The first kappa shape index (κ1) is 13.6. The molecule has 0 atom stereocenters. The Morgan fingerprint density at radius 1 is 0.952 bits per heavy atom. The summed E-state index contributed by atoms with van der Waals surface area (Å²) in [6.07, 6.45) is 2.11. The molecule has 108 valence electrons. The average molecular weight is 281 g/mol. The van der Waals surface area contributed by atoms with Gasteiger partial charge in [0.15, 0.2) is 0 Å².